The molecule has 0 bridgehead atoms. The summed E-state index contributed by atoms with van der Waals surface area (Å²) >= 11 is 1.64. The summed E-state index contributed by atoms with van der Waals surface area (Å²) in [6.07, 6.45) is 8.54. The van der Waals surface area contributed by atoms with Crippen molar-refractivity contribution in [2.75, 3.05) is 49.5 Å². The number of hydrogen-bond donors (Lipinski definition) is 2. The quantitative estimate of drug-likeness (QED) is 0.494. The Kier molecular flexibility index (Phi) is 7.42. The van der Waals surface area contributed by atoms with Gasteiger partial charge in [-0.1, -0.05) is 37.3 Å². The van der Waals surface area contributed by atoms with Crippen molar-refractivity contribution in [2.45, 2.75) is 51.7 Å². The van der Waals surface area contributed by atoms with E-state index >= 15 is 0 Å². The molecule has 3 heterocycles. The third-order valence-corrected chi connectivity index (χ3v) is 7.93. The Morgan fingerprint density at radius 3 is 2.65 bits per heavy atom. The molecule has 2 N–H and O–H groups in total. The second-order valence-corrected chi connectivity index (χ2v) is 10.0. The number of fused-ring (bicyclic) bond motifs is 1. The van der Waals surface area contributed by atoms with Crippen molar-refractivity contribution in [1.29, 1.82) is 0 Å². The number of nitrogens with one attached hydrogen (secondary N) is 2. The lowest BCUT2D eigenvalue weighted by atomic mass is 9.91. The van der Waals surface area contributed by atoms with Crippen molar-refractivity contribution in [3.63, 3.8) is 0 Å². The first kappa shape index (κ1) is 23.3. The van der Waals surface area contributed by atoms with Gasteiger partial charge in [-0.2, -0.15) is 0 Å². The van der Waals surface area contributed by atoms with E-state index in [0.717, 1.165) is 78.9 Å². The predicted molar refractivity (Wildman–Crippen MR) is 140 cm³/mol. The number of para-hydroxylation sites is 1. The molecule has 1 aromatic carbocycles. The molecule has 34 heavy (non-hydrogen) atoms. The van der Waals surface area contributed by atoms with Crippen molar-refractivity contribution in [3.8, 4) is 5.75 Å². The summed E-state index contributed by atoms with van der Waals surface area (Å²) in [6, 6.07) is 6.79. The molecule has 1 aliphatic carbocycles. The fraction of sp³-hybridized carbons (Fsp3) is 0.560. The molecule has 0 spiro atoms. The van der Waals surface area contributed by atoms with Gasteiger partial charge in [0.1, 0.15) is 16.3 Å². The normalized spacial score (nSPS) is 21.2. The van der Waals surface area contributed by atoms with E-state index in [-0.39, 0.29) is 6.10 Å². The summed E-state index contributed by atoms with van der Waals surface area (Å²) in [5, 5.41) is 9.70. The van der Waals surface area contributed by atoms with Gasteiger partial charge < -0.3 is 25.2 Å². The zero-order valence-corrected chi connectivity index (χ0v) is 21.0. The highest BCUT2D eigenvalue weighted by Gasteiger charge is 2.26. The molecule has 1 saturated heterocycles. The Balaban J connectivity index is 1.27. The van der Waals surface area contributed by atoms with Crippen LogP contribution in [0, 0.1) is 0 Å². The topological polar surface area (TPSA) is 78.4 Å². The van der Waals surface area contributed by atoms with Crippen molar-refractivity contribution < 1.29 is 4.74 Å². The van der Waals surface area contributed by atoms with Gasteiger partial charge >= 0.3 is 0 Å². The van der Waals surface area contributed by atoms with Gasteiger partial charge in [0.2, 0.25) is 5.95 Å². The Labute approximate surface area is 205 Å². The van der Waals surface area contributed by atoms with Crippen LogP contribution in [0.4, 0.5) is 16.1 Å². The Bertz CT molecular complexity index is 1070. The van der Waals surface area contributed by atoms with Crippen molar-refractivity contribution in [3.05, 3.63) is 30.6 Å². The molecule has 0 unspecified atom stereocenters. The molecule has 2 aromatic heterocycles. The molecule has 0 atom stereocenters. The van der Waals surface area contributed by atoms with E-state index in [1.807, 2.05) is 30.6 Å². The molecule has 9 heteroatoms. The third-order valence-electron chi connectivity index (χ3n) is 6.96. The van der Waals surface area contributed by atoms with E-state index in [1.54, 1.807) is 11.3 Å². The molecule has 3 aromatic rings. The Hall–Kier alpha value is -2.49. The van der Waals surface area contributed by atoms with E-state index in [4.69, 9.17) is 9.72 Å². The summed E-state index contributed by atoms with van der Waals surface area (Å²) in [4.78, 5) is 18.8. The monoisotopic (exact) mass is 481 g/mol. The minimum atomic E-state index is 0.242. The first-order valence-corrected chi connectivity index (χ1v) is 13.4. The van der Waals surface area contributed by atoms with Crippen LogP contribution in [0.15, 0.2) is 30.6 Å². The predicted octanol–water partition coefficient (Wildman–Crippen LogP) is 4.27. The van der Waals surface area contributed by atoms with Crippen LogP contribution in [0.1, 0.15) is 39.5 Å². The SMILES string of the molecule is CCN(CC)C1CCC(Oc2cccc3cnc(Nc4cnc(N5CCNCC5)s4)nc23)CC1. The van der Waals surface area contributed by atoms with Gasteiger partial charge in [0.25, 0.3) is 0 Å². The largest absolute Gasteiger partial charge is 0.488 e. The van der Waals surface area contributed by atoms with E-state index in [9.17, 15) is 0 Å². The van der Waals surface area contributed by atoms with E-state index in [0.29, 0.717) is 12.0 Å². The van der Waals surface area contributed by atoms with Gasteiger partial charge in [-0.3, -0.25) is 0 Å². The summed E-state index contributed by atoms with van der Waals surface area (Å²) in [7, 11) is 0. The summed E-state index contributed by atoms with van der Waals surface area (Å²) < 4.78 is 6.49. The number of nitrogens with zero attached hydrogens (tertiary/aromatic N) is 5. The standard InChI is InChI=1S/C25H35N7OS/c1-3-31(4-2)19-8-10-20(11-9-19)33-21-7-5-6-18-16-27-24(30-23(18)21)29-22-17-28-25(34-22)32-14-12-26-13-15-32/h5-7,16-17,19-20,26H,3-4,8-15H2,1-2H3,(H,27,29,30). The van der Waals surface area contributed by atoms with Crippen LogP contribution in [-0.4, -0.2) is 71.3 Å². The van der Waals surface area contributed by atoms with Crippen molar-refractivity contribution >= 4 is 38.3 Å². The molecule has 0 amide bonds. The summed E-state index contributed by atoms with van der Waals surface area (Å²) in [6.45, 7) is 10.7. The molecular formula is C25H35N7OS. The molecule has 182 valence electrons. The molecule has 2 aliphatic rings. The fourth-order valence-corrected chi connectivity index (χ4v) is 5.93. The minimum Gasteiger partial charge on any atom is -0.488 e. The zero-order valence-electron chi connectivity index (χ0n) is 20.2. The maximum absolute atomic E-state index is 6.49. The minimum absolute atomic E-state index is 0.242. The number of ether oxygens (including phenoxy) is 1. The smallest absolute Gasteiger partial charge is 0.228 e. The van der Waals surface area contributed by atoms with Crippen LogP contribution in [0.5, 0.6) is 5.75 Å². The van der Waals surface area contributed by atoms with E-state index in [2.05, 4.69) is 44.2 Å². The van der Waals surface area contributed by atoms with Crippen LogP contribution >= 0.6 is 11.3 Å². The number of hydrogen-bond acceptors (Lipinski definition) is 9. The second-order valence-electron chi connectivity index (χ2n) is 9.03. The molecule has 2 fully saturated rings. The van der Waals surface area contributed by atoms with Crippen molar-refractivity contribution in [1.82, 2.24) is 25.2 Å². The van der Waals surface area contributed by atoms with Crippen LogP contribution in [-0.2, 0) is 0 Å². The molecule has 8 nitrogen and oxygen atoms in total. The van der Waals surface area contributed by atoms with Crippen LogP contribution < -0.4 is 20.3 Å². The number of anilines is 3. The van der Waals surface area contributed by atoms with Gasteiger partial charge in [-0.15, -0.1) is 0 Å². The third kappa shape index (κ3) is 5.26. The van der Waals surface area contributed by atoms with Gasteiger partial charge in [0.15, 0.2) is 5.13 Å². The first-order chi connectivity index (χ1) is 16.7. The highest BCUT2D eigenvalue weighted by atomic mass is 32.1. The summed E-state index contributed by atoms with van der Waals surface area (Å²) in [5.74, 6) is 1.42. The second kappa shape index (κ2) is 10.8. The van der Waals surface area contributed by atoms with Crippen LogP contribution in [0.2, 0.25) is 0 Å². The molecule has 1 saturated carbocycles. The highest BCUT2D eigenvalue weighted by molar-refractivity contribution is 7.19. The Morgan fingerprint density at radius 1 is 1.09 bits per heavy atom. The van der Waals surface area contributed by atoms with Crippen LogP contribution in [0.25, 0.3) is 10.9 Å². The van der Waals surface area contributed by atoms with E-state index in [1.165, 1.54) is 12.8 Å². The first-order valence-electron chi connectivity index (χ1n) is 12.6. The number of rotatable bonds is 8. The summed E-state index contributed by atoms with van der Waals surface area (Å²) in [5.41, 5.74) is 0.859. The van der Waals surface area contributed by atoms with Gasteiger partial charge in [-0.25, -0.2) is 15.0 Å². The lowest BCUT2D eigenvalue weighted by molar-refractivity contribution is 0.0942. The zero-order chi connectivity index (χ0) is 23.3. The maximum Gasteiger partial charge on any atom is 0.228 e. The Morgan fingerprint density at radius 2 is 1.88 bits per heavy atom. The molecular weight excluding hydrogens is 446 g/mol. The molecule has 0 radical (unpaired) electrons. The maximum atomic E-state index is 6.49. The number of aromatic nitrogens is 3. The van der Waals surface area contributed by atoms with Crippen LogP contribution in [0.3, 0.4) is 0 Å². The van der Waals surface area contributed by atoms with Crippen molar-refractivity contribution in [2.24, 2.45) is 0 Å². The van der Waals surface area contributed by atoms with Gasteiger partial charge in [-0.05, 0) is 44.8 Å². The molecule has 5 rings (SSSR count). The van der Waals surface area contributed by atoms with Gasteiger partial charge in [0, 0.05) is 43.8 Å². The molecule has 1 aliphatic heterocycles. The van der Waals surface area contributed by atoms with Gasteiger partial charge in [0.05, 0.1) is 12.3 Å². The lowest BCUT2D eigenvalue weighted by Crippen LogP contribution is -2.43. The highest BCUT2D eigenvalue weighted by Crippen LogP contribution is 2.32. The average Bonchev–Trinajstić information content (AvgIpc) is 3.35. The van der Waals surface area contributed by atoms with E-state index < -0.39 is 0 Å². The lowest BCUT2D eigenvalue weighted by Gasteiger charge is -2.35. The number of thiazole rings is 1. The number of piperazine rings is 1. The number of benzene rings is 1. The fourth-order valence-electron chi connectivity index (χ4n) is 5.07. The average molecular weight is 482 g/mol.